The maximum absolute atomic E-state index is 5.62. The lowest BCUT2D eigenvalue weighted by molar-refractivity contribution is 0.0924. The first-order valence-corrected chi connectivity index (χ1v) is 8.05. The molecule has 0 amide bonds. The first-order chi connectivity index (χ1) is 10.1. The predicted molar refractivity (Wildman–Crippen MR) is 87.3 cm³/mol. The van der Waals surface area contributed by atoms with Crippen LogP contribution >= 0.6 is 0 Å². The van der Waals surface area contributed by atoms with Crippen LogP contribution < -0.4 is 10.2 Å². The van der Waals surface area contributed by atoms with Crippen LogP contribution in [0.15, 0.2) is 0 Å². The van der Waals surface area contributed by atoms with Gasteiger partial charge >= 0.3 is 0 Å². The summed E-state index contributed by atoms with van der Waals surface area (Å²) in [5.41, 5.74) is 1.14. The molecule has 0 aliphatic carbocycles. The summed E-state index contributed by atoms with van der Waals surface area (Å²) in [6.07, 6.45) is 1.07. The summed E-state index contributed by atoms with van der Waals surface area (Å²) in [4.78, 5) is 11.9. The zero-order valence-corrected chi connectivity index (χ0v) is 13.9. The number of hydrogen-bond donors (Lipinski definition) is 1. The smallest absolute Gasteiger partial charge is 0.137 e. The lowest BCUT2D eigenvalue weighted by Gasteiger charge is -2.37. The molecule has 0 aromatic carbocycles. The second-order valence-corrected chi connectivity index (χ2v) is 5.89. The third-order valence-corrected chi connectivity index (χ3v) is 3.97. The molecule has 0 saturated carbocycles. The van der Waals surface area contributed by atoms with Gasteiger partial charge in [0.1, 0.15) is 17.5 Å². The van der Waals surface area contributed by atoms with Crippen LogP contribution in [0.5, 0.6) is 0 Å². The van der Waals surface area contributed by atoms with Gasteiger partial charge < -0.3 is 15.0 Å². The lowest BCUT2D eigenvalue weighted by atomic mass is 10.1. The summed E-state index contributed by atoms with van der Waals surface area (Å²) in [5, 5.41) is 3.37. The molecule has 0 radical (unpaired) electrons. The van der Waals surface area contributed by atoms with Gasteiger partial charge in [0.15, 0.2) is 0 Å². The molecule has 118 valence electrons. The van der Waals surface area contributed by atoms with Crippen LogP contribution in [0.3, 0.4) is 0 Å². The van der Waals surface area contributed by atoms with Crippen LogP contribution in [-0.2, 0) is 4.74 Å². The van der Waals surface area contributed by atoms with Crippen LogP contribution in [0.4, 0.5) is 11.6 Å². The minimum atomic E-state index is 0.322. The van der Waals surface area contributed by atoms with E-state index in [1.54, 1.807) is 0 Å². The Labute approximate surface area is 128 Å². The number of morpholine rings is 1. The molecule has 1 N–H and O–H groups in total. The average molecular weight is 292 g/mol. The monoisotopic (exact) mass is 292 g/mol. The molecule has 5 heteroatoms. The fraction of sp³-hybridized carbons (Fsp3) is 0.750. The summed E-state index contributed by atoms with van der Waals surface area (Å²) in [7, 11) is 0. The molecule has 0 bridgehead atoms. The van der Waals surface area contributed by atoms with E-state index < -0.39 is 0 Å². The molecule has 1 aliphatic heterocycles. The van der Waals surface area contributed by atoms with Crippen LogP contribution in [0.25, 0.3) is 0 Å². The van der Waals surface area contributed by atoms with Crippen molar-refractivity contribution in [2.45, 2.75) is 53.0 Å². The highest BCUT2D eigenvalue weighted by atomic mass is 16.5. The molecule has 1 unspecified atom stereocenters. The van der Waals surface area contributed by atoms with E-state index in [9.17, 15) is 0 Å². The van der Waals surface area contributed by atoms with Crippen molar-refractivity contribution in [1.29, 1.82) is 0 Å². The second-order valence-electron chi connectivity index (χ2n) is 5.89. The van der Waals surface area contributed by atoms with Gasteiger partial charge in [-0.2, -0.15) is 0 Å². The molecule has 1 aromatic heterocycles. The van der Waals surface area contributed by atoms with E-state index in [4.69, 9.17) is 9.72 Å². The van der Waals surface area contributed by atoms with E-state index >= 15 is 0 Å². The van der Waals surface area contributed by atoms with Gasteiger partial charge in [0.25, 0.3) is 0 Å². The Kier molecular flexibility index (Phi) is 5.39. The first-order valence-electron chi connectivity index (χ1n) is 8.05. The Bertz CT molecular complexity index is 476. The fourth-order valence-corrected chi connectivity index (χ4v) is 2.67. The van der Waals surface area contributed by atoms with Crippen molar-refractivity contribution < 1.29 is 4.74 Å². The number of rotatable bonds is 5. The van der Waals surface area contributed by atoms with Gasteiger partial charge in [0.2, 0.25) is 0 Å². The number of nitrogens with one attached hydrogen (secondary N) is 1. The van der Waals surface area contributed by atoms with Crippen LogP contribution in [0.1, 0.15) is 51.4 Å². The van der Waals surface area contributed by atoms with E-state index in [1.807, 2.05) is 0 Å². The van der Waals surface area contributed by atoms with Gasteiger partial charge in [0, 0.05) is 24.6 Å². The van der Waals surface area contributed by atoms with Crippen LogP contribution in [0.2, 0.25) is 0 Å². The lowest BCUT2D eigenvalue weighted by Crippen LogP contribution is -2.46. The van der Waals surface area contributed by atoms with Crippen LogP contribution in [-0.4, -0.2) is 42.3 Å². The molecule has 1 atom stereocenters. The van der Waals surface area contributed by atoms with E-state index in [0.717, 1.165) is 55.7 Å². The molecule has 1 saturated heterocycles. The number of ether oxygens (including phenoxy) is 1. The number of nitrogens with zero attached hydrogens (tertiary/aromatic N) is 3. The largest absolute Gasteiger partial charge is 0.377 e. The molecule has 21 heavy (non-hydrogen) atoms. The molecule has 5 nitrogen and oxygen atoms in total. The minimum Gasteiger partial charge on any atom is -0.377 e. The summed E-state index contributed by atoms with van der Waals surface area (Å²) in [6.45, 7) is 14.0. The molecule has 1 aliphatic rings. The van der Waals surface area contributed by atoms with Crippen molar-refractivity contribution in [3.8, 4) is 0 Å². The maximum atomic E-state index is 5.62. The highest BCUT2D eigenvalue weighted by Gasteiger charge is 2.26. The van der Waals surface area contributed by atoms with Crippen molar-refractivity contribution in [3.05, 3.63) is 11.4 Å². The quantitative estimate of drug-likeness (QED) is 0.904. The summed E-state index contributed by atoms with van der Waals surface area (Å²) in [5.74, 6) is 3.27. The van der Waals surface area contributed by atoms with E-state index in [2.05, 4.69) is 49.8 Å². The number of aromatic nitrogens is 2. The van der Waals surface area contributed by atoms with Crippen molar-refractivity contribution >= 4 is 11.6 Å². The van der Waals surface area contributed by atoms with Crippen molar-refractivity contribution in [2.75, 3.05) is 36.5 Å². The molecule has 0 spiro atoms. The van der Waals surface area contributed by atoms with Gasteiger partial charge in [-0.1, -0.05) is 20.8 Å². The van der Waals surface area contributed by atoms with Gasteiger partial charge in [-0.3, -0.25) is 0 Å². The highest BCUT2D eigenvalue weighted by molar-refractivity contribution is 5.59. The van der Waals surface area contributed by atoms with E-state index in [1.165, 1.54) is 0 Å². The summed E-state index contributed by atoms with van der Waals surface area (Å²) >= 11 is 0. The van der Waals surface area contributed by atoms with E-state index in [-0.39, 0.29) is 0 Å². The molecule has 2 heterocycles. The summed E-state index contributed by atoms with van der Waals surface area (Å²) in [6, 6.07) is 0.404. The fourth-order valence-electron chi connectivity index (χ4n) is 2.67. The van der Waals surface area contributed by atoms with Gasteiger partial charge in [-0.05, 0) is 20.3 Å². The third kappa shape index (κ3) is 3.46. The predicted octanol–water partition coefficient (Wildman–Crippen LogP) is 2.96. The third-order valence-electron chi connectivity index (χ3n) is 3.97. The number of anilines is 2. The minimum absolute atomic E-state index is 0.322. The van der Waals surface area contributed by atoms with Gasteiger partial charge in [-0.25, -0.2) is 9.97 Å². The second kappa shape index (κ2) is 7.07. The maximum Gasteiger partial charge on any atom is 0.137 e. The topological polar surface area (TPSA) is 50.3 Å². The Hall–Kier alpha value is -1.36. The normalized spacial score (nSPS) is 19.1. The van der Waals surface area contributed by atoms with Crippen molar-refractivity contribution in [2.24, 2.45) is 0 Å². The van der Waals surface area contributed by atoms with Crippen molar-refractivity contribution in [3.63, 3.8) is 0 Å². The first kappa shape index (κ1) is 16.0. The highest BCUT2D eigenvalue weighted by Crippen LogP contribution is 2.29. The van der Waals surface area contributed by atoms with E-state index in [0.29, 0.717) is 12.0 Å². The van der Waals surface area contributed by atoms with Gasteiger partial charge in [0.05, 0.1) is 19.3 Å². The Morgan fingerprint density at radius 3 is 2.71 bits per heavy atom. The molecular formula is C16H28N4O. The Morgan fingerprint density at radius 2 is 2.10 bits per heavy atom. The number of hydrogen-bond acceptors (Lipinski definition) is 5. The summed E-state index contributed by atoms with van der Waals surface area (Å²) < 4.78 is 5.62. The van der Waals surface area contributed by atoms with Gasteiger partial charge in [-0.15, -0.1) is 0 Å². The van der Waals surface area contributed by atoms with Crippen molar-refractivity contribution in [1.82, 2.24) is 9.97 Å². The van der Waals surface area contributed by atoms with Crippen LogP contribution in [0, 0.1) is 6.92 Å². The zero-order chi connectivity index (χ0) is 15.4. The molecule has 2 rings (SSSR count). The Morgan fingerprint density at radius 1 is 1.33 bits per heavy atom. The molecule has 1 aromatic rings. The standard InChI is InChI=1S/C16H28N4O/c1-6-13-10-21-9-8-20(13)16-12(5)15(17-7-2)18-14(19-16)11(3)4/h11,13H,6-10H2,1-5H3,(H,17,18,19). The molecule has 1 fully saturated rings. The average Bonchev–Trinajstić information content (AvgIpc) is 2.49. The molecular weight excluding hydrogens is 264 g/mol. The Balaban J connectivity index is 2.44. The SMILES string of the molecule is CCNc1nc(C(C)C)nc(N2CCOCC2CC)c1C. The zero-order valence-electron chi connectivity index (χ0n) is 13.9.